The molecule has 0 bridgehead atoms. The van der Waals surface area contributed by atoms with E-state index in [1.165, 1.54) is 19.3 Å². The number of nitrogens with zero attached hydrogens (tertiary/aromatic N) is 2. The van der Waals surface area contributed by atoms with Crippen molar-refractivity contribution >= 4 is 16.2 Å². The zero-order valence-corrected chi connectivity index (χ0v) is 7.68. The predicted octanol–water partition coefficient (Wildman–Crippen LogP) is 2.49. The Labute approximate surface area is 70.5 Å². The van der Waals surface area contributed by atoms with Gasteiger partial charge in [0, 0.05) is 18.2 Å². The number of hydrogen-bond donors (Lipinski definition) is 0. The topological polar surface area (TPSA) is 24.7 Å². The van der Waals surface area contributed by atoms with Crippen molar-refractivity contribution in [2.75, 3.05) is 6.54 Å². The first kappa shape index (κ1) is 8.65. The molecule has 1 aliphatic rings. The third-order valence-corrected chi connectivity index (χ3v) is 2.68. The van der Waals surface area contributed by atoms with Crippen molar-refractivity contribution in [2.45, 2.75) is 26.2 Å². The summed E-state index contributed by atoms with van der Waals surface area (Å²) < 4.78 is 4.45. The van der Waals surface area contributed by atoms with E-state index in [2.05, 4.69) is 16.3 Å². The molecular formula is C8H14N2S. The number of hydrogen-bond acceptors (Lipinski definition) is 2. The normalized spacial score (nSPS) is 21.7. The molecule has 1 aliphatic heterocycles. The summed E-state index contributed by atoms with van der Waals surface area (Å²) in [5.74, 6) is 0. The van der Waals surface area contributed by atoms with Crippen molar-refractivity contribution in [3.8, 4) is 0 Å². The average molecular weight is 170 g/mol. The average Bonchev–Trinajstić information content (AvgIpc) is 2.50. The van der Waals surface area contributed by atoms with Crippen molar-refractivity contribution in [3.05, 3.63) is 11.6 Å². The quantitative estimate of drug-likeness (QED) is 0.579. The van der Waals surface area contributed by atoms with Gasteiger partial charge in [-0.2, -0.15) is 0 Å². The Morgan fingerprint density at radius 3 is 3.00 bits per heavy atom. The van der Waals surface area contributed by atoms with Crippen LogP contribution in [0.4, 0.5) is 0 Å². The lowest BCUT2D eigenvalue weighted by atomic mass is 10.3. The second-order valence-electron chi connectivity index (χ2n) is 2.45. The molecular weight excluding hydrogens is 156 g/mol. The minimum absolute atomic E-state index is 0.0220. The maximum atomic E-state index is 4.45. The van der Waals surface area contributed by atoms with E-state index >= 15 is 0 Å². The summed E-state index contributed by atoms with van der Waals surface area (Å²) >= 11 is 0. The highest BCUT2D eigenvalue weighted by Gasteiger charge is 1.90. The van der Waals surface area contributed by atoms with E-state index in [9.17, 15) is 0 Å². The smallest absolute Gasteiger partial charge is 0.0747 e. The van der Waals surface area contributed by atoms with Crippen molar-refractivity contribution in [2.24, 2.45) is 9.36 Å². The third kappa shape index (κ3) is 3.46. The largest absolute Gasteiger partial charge is 0.256 e. The van der Waals surface area contributed by atoms with Gasteiger partial charge < -0.3 is 0 Å². The minimum atomic E-state index is 0.0220. The lowest BCUT2D eigenvalue weighted by Gasteiger charge is -1.92. The molecule has 0 saturated heterocycles. The van der Waals surface area contributed by atoms with Crippen LogP contribution < -0.4 is 0 Å². The fourth-order valence-corrected chi connectivity index (χ4v) is 1.79. The van der Waals surface area contributed by atoms with Gasteiger partial charge in [-0.05, 0) is 17.1 Å². The molecule has 1 heterocycles. The van der Waals surface area contributed by atoms with E-state index in [0.29, 0.717) is 0 Å². The number of unbranched alkanes of at least 4 members (excludes halogenated alkanes) is 2. The molecule has 0 spiro atoms. The SMILES string of the molecule is CCCCCN=S1C=CN=C1. The third-order valence-electron chi connectivity index (χ3n) is 1.46. The van der Waals surface area contributed by atoms with E-state index in [0.717, 1.165) is 6.54 Å². The highest BCUT2D eigenvalue weighted by molar-refractivity contribution is 8.03. The van der Waals surface area contributed by atoms with Gasteiger partial charge in [-0.1, -0.05) is 19.8 Å². The van der Waals surface area contributed by atoms with Crippen LogP contribution in [0.3, 0.4) is 0 Å². The summed E-state index contributed by atoms with van der Waals surface area (Å²) in [7, 11) is 0.0220. The highest BCUT2D eigenvalue weighted by atomic mass is 32.2. The van der Waals surface area contributed by atoms with Gasteiger partial charge in [-0.3, -0.25) is 9.36 Å². The minimum Gasteiger partial charge on any atom is -0.256 e. The maximum Gasteiger partial charge on any atom is 0.0747 e. The maximum absolute atomic E-state index is 4.45. The zero-order valence-electron chi connectivity index (χ0n) is 6.86. The van der Waals surface area contributed by atoms with Gasteiger partial charge in [-0.15, -0.1) is 0 Å². The predicted molar refractivity (Wildman–Crippen MR) is 51.8 cm³/mol. The van der Waals surface area contributed by atoms with E-state index in [4.69, 9.17) is 0 Å². The van der Waals surface area contributed by atoms with Crippen molar-refractivity contribution < 1.29 is 0 Å². The van der Waals surface area contributed by atoms with Gasteiger partial charge in [-0.25, -0.2) is 0 Å². The van der Waals surface area contributed by atoms with Crippen LogP contribution in [0.5, 0.6) is 0 Å². The van der Waals surface area contributed by atoms with Gasteiger partial charge in [0.05, 0.1) is 5.55 Å². The second-order valence-corrected chi connectivity index (χ2v) is 3.88. The molecule has 3 heteroatoms. The molecule has 11 heavy (non-hydrogen) atoms. The van der Waals surface area contributed by atoms with Crippen LogP contribution in [-0.4, -0.2) is 12.1 Å². The second kappa shape index (κ2) is 5.24. The van der Waals surface area contributed by atoms with E-state index in [1.54, 1.807) is 0 Å². The van der Waals surface area contributed by atoms with Crippen LogP contribution in [0.2, 0.25) is 0 Å². The summed E-state index contributed by atoms with van der Waals surface area (Å²) in [6, 6.07) is 0. The molecule has 1 unspecified atom stereocenters. The summed E-state index contributed by atoms with van der Waals surface area (Å²) in [5.41, 5.74) is 1.91. The molecule has 0 aliphatic carbocycles. The molecule has 0 fully saturated rings. The zero-order chi connectivity index (χ0) is 7.94. The summed E-state index contributed by atoms with van der Waals surface area (Å²) in [6.07, 6.45) is 5.61. The van der Waals surface area contributed by atoms with E-state index < -0.39 is 0 Å². The van der Waals surface area contributed by atoms with Crippen LogP contribution in [0.25, 0.3) is 0 Å². The lowest BCUT2D eigenvalue weighted by Crippen LogP contribution is -1.85. The van der Waals surface area contributed by atoms with Crippen LogP contribution in [-0.2, 0) is 10.7 Å². The van der Waals surface area contributed by atoms with Crippen molar-refractivity contribution in [3.63, 3.8) is 0 Å². The van der Waals surface area contributed by atoms with Crippen LogP contribution in [0.1, 0.15) is 26.2 Å². The van der Waals surface area contributed by atoms with Gasteiger partial charge in [0.25, 0.3) is 0 Å². The molecule has 1 rings (SSSR count). The molecule has 0 aromatic carbocycles. The first-order chi connectivity index (χ1) is 5.43. The van der Waals surface area contributed by atoms with Gasteiger partial charge in [0.1, 0.15) is 0 Å². The molecule has 0 saturated carbocycles. The Morgan fingerprint density at radius 2 is 2.36 bits per heavy atom. The molecule has 1 atom stereocenters. The van der Waals surface area contributed by atoms with Crippen LogP contribution in [0, 0.1) is 0 Å². The van der Waals surface area contributed by atoms with E-state index in [-0.39, 0.29) is 10.7 Å². The van der Waals surface area contributed by atoms with Crippen LogP contribution >= 0.6 is 0 Å². The number of aliphatic imine (C=N–C) groups is 1. The molecule has 0 N–H and O–H groups in total. The molecule has 0 amide bonds. The molecule has 2 nitrogen and oxygen atoms in total. The molecule has 0 radical (unpaired) electrons. The lowest BCUT2D eigenvalue weighted by molar-refractivity contribution is 0.732. The summed E-state index contributed by atoms with van der Waals surface area (Å²) in [5, 5.41) is 2.05. The first-order valence-electron chi connectivity index (χ1n) is 4.03. The Hall–Kier alpha value is -0.440. The highest BCUT2D eigenvalue weighted by Crippen LogP contribution is 1.99. The summed E-state index contributed by atoms with van der Waals surface area (Å²) in [4.78, 5) is 3.98. The Morgan fingerprint density at radius 1 is 1.45 bits per heavy atom. The van der Waals surface area contributed by atoms with Gasteiger partial charge >= 0.3 is 0 Å². The monoisotopic (exact) mass is 170 g/mol. The standard InChI is InChI=1S/C8H14N2S/c1-2-3-4-5-10-11-7-6-9-8-11/h6-8H,2-5H2,1H3. The van der Waals surface area contributed by atoms with Crippen LogP contribution in [0.15, 0.2) is 21.0 Å². The van der Waals surface area contributed by atoms with Crippen molar-refractivity contribution in [1.29, 1.82) is 0 Å². The Balaban J connectivity index is 2.14. The Bertz CT molecular complexity index is 180. The first-order valence-corrected chi connectivity index (χ1v) is 5.34. The molecule has 62 valence electrons. The number of rotatable bonds is 4. The molecule has 0 aromatic rings. The fourth-order valence-electron chi connectivity index (χ4n) is 0.838. The fraction of sp³-hybridized carbons (Fsp3) is 0.625. The van der Waals surface area contributed by atoms with E-state index in [1.807, 2.05) is 17.2 Å². The Kier molecular flexibility index (Phi) is 4.12. The van der Waals surface area contributed by atoms with Crippen molar-refractivity contribution in [1.82, 2.24) is 0 Å². The van der Waals surface area contributed by atoms with Gasteiger partial charge in [0.15, 0.2) is 0 Å². The van der Waals surface area contributed by atoms with Gasteiger partial charge in [0.2, 0.25) is 0 Å². The summed E-state index contributed by atoms with van der Waals surface area (Å²) in [6.45, 7) is 3.20. The molecule has 0 aromatic heterocycles.